The van der Waals surface area contributed by atoms with E-state index in [1.165, 1.54) is 0 Å². The minimum absolute atomic E-state index is 0.0865. The molecular formula is C27H30N4O2. The largest absolute Gasteiger partial charge is 0.348 e. The van der Waals surface area contributed by atoms with Crippen molar-refractivity contribution in [2.24, 2.45) is 5.92 Å². The minimum atomic E-state index is -0.189. The molecule has 2 amide bonds. The maximum atomic E-state index is 13.1. The molecule has 0 aliphatic carbocycles. The van der Waals surface area contributed by atoms with Crippen LogP contribution in [0.3, 0.4) is 0 Å². The predicted octanol–water partition coefficient (Wildman–Crippen LogP) is 3.35. The number of benzene rings is 3. The van der Waals surface area contributed by atoms with Crippen LogP contribution in [0.25, 0.3) is 0 Å². The van der Waals surface area contributed by atoms with Crippen molar-refractivity contribution >= 4 is 11.8 Å². The summed E-state index contributed by atoms with van der Waals surface area (Å²) in [6.07, 6.45) is 0. The van der Waals surface area contributed by atoms with E-state index in [1.807, 2.05) is 92.8 Å². The van der Waals surface area contributed by atoms with Crippen LogP contribution >= 0.6 is 0 Å². The van der Waals surface area contributed by atoms with Gasteiger partial charge in [-0.05, 0) is 35.7 Å². The van der Waals surface area contributed by atoms with Crippen LogP contribution < -0.4 is 16.2 Å². The minimum Gasteiger partial charge on any atom is -0.348 e. The number of carbonyl (C=O) groups excluding carboxylic acids is 2. The van der Waals surface area contributed by atoms with E-state index in [4.69, 9.17) is 0 Å². The number of nitrogens with one attached hydrogen (secondary N) is 3. The Kier molecular flexibility index (Phi) is 7.17. The van der Waals surface area contributed by atoms with E-state index in [2.05, 4.69) is 16.2 Å². The van der Waals surface area contributed by atoms with Crippen LogP contribution in [0, 0.1) is 12.8 Å². The SMILES string of the molecule is Cc1cccc(C(=O)NCc2ccc(C3NNCC3C(=O)N(C)Cc3ccccc3)cc2)c1. The highest BCUT2D eigenvalue weighted by Crippen LogP contribution is 2.27. The quantitative estimate of drug-likeness (QED) is 0.525. The molecule has 170 valence electrons. The Bertz CT molecular complexity index is 1100. The average molecular weight is 443 g/mol. The third-order valence-electron chi connectivity index (χ3n) is 6.01. The molecular weight excluding hydrogens is 412 g/mol. The van der Waals surface area contributed by atoms with Gasteiger partial charge in [-0.2, -0.15) is 0 Å². The summed E-state index contributed by atoms with van der Waals surface area (Å²) >= 11 is 0. The van der Waals surface area contributed by atoms with Gasteiger partial charge in [0.15, 0.2) is 0 Å². The van der Waals surface area contributed by atoms with Crippen LogP contribution in [0.4, 0.5) is 0 Å². The summed E-state index contributed by atoms with van der Waals surface area (Å²) in [5.74, 6) is -0.169. The van der Waals surface area contributed by atoms with Gasteiger partial charge in [-0.25, -0.2) is 5.43 Å². The molecule has 1 heterocycles. The Morgan fingerprint density at radius 2 is 1.73 bits per heavy atom. The molecule has 0 spiro atoms. The van der Waals surface area contributed by atoms with Crippen LogP contribution in [0.2, 0.25) is 0 Å². The molecule has 2 unspecified atom stereocenters. The maximum absolute atomic E-state index is 13.1. The first-order chi connectivity index (χ1) is 16.0. The van der Waals surface area contributed by atoms with Crippen molar-refractivity contribution in [2.75, 3.05) is 13.6 Å². The average Bonchev–Trinajstić information content (AvgIpc) is 3.33. The third-order valence-corrected chi connectivity index (χ3v) is 6.01. The standard InChI is InChI=1S/C27H30N4O2/c1-19-7-6-10-23(15-19)26(32)28-16-20-11-13-22(14-12-20)25-24(17-29-30-25)27(33)31(2)18-21-8-4-3-5-9-21/h3-15,24-25,29-30H,16-18H2,1-2H3,(H,28,32). The zero-order valence-electron chi connectivity index (χ0n) is 19.0. The topological polar surface area (TPSA) is 73.5 Å². The molecule has 0 saturated carbocycles. The lowest BCUT2D eigenvalue weighted by Gasteiger charge is -2.24. The lowest BCUT2D eigenvalue weighted by molar-refractivity contribution is -0.134. The zero-order valence-corrected chi connectivity index (χ0v) is 19.0. The molecule has 3 N–H and O–H groups in total. The highest BCUT2D eigenvalue weighted by atomic mass is 16.2. The summed E-state index contributed by atoms with van der Waals surface area (Å²) in [5, 5.41) is 2.97. The molecule has 1 saturated heterocycles. The summed E-state index contributed by atoms with van der Waals surface area (Å²) in [6.45, 7) is 3.59. The zero-order chi connectivity index (χ0) is 23.2. The first-order valence-corrected chi connectivity index (χ1v) is 11.2. The summed E-state index contributed by atoms with van der Waals surface area (Å²) in [4.78, 5) is 27.3. The van der Waals surface area contributed by atoms with Gasteiger partial charge in [0.25, 0.3) is 5.91 Å². The molecule has 0 bridgehead atoms. The Morgan fingerprint density at radius 3 is 2.45 bits per heavy atom. The number of hydrazine groups is 1. The highest BCUT2D eigenvalue weighted by molar-refractivity contribution is 5.94. The fourth-order valence-corrected chi connectivity index (χ4v) is 4.17. The van der Waals surface area contributed by atoms with E-state index < -0.39 is 0 Å². The molecule has 0 radical (unpaired) electrons. The van der Waals surface area contributed by atoms with E-state index in [-0.39, 0.29) is 23.8 Å². The molecule has 2 atom stereocenters. The number of hydrogen-bond donors (Lipinski definition) is 3. The van der Waals surface area contributed by atoms with Crippen LogP contribution in [0.5, 0.6) is 0 Å². The van der Waals surface area contributed by atoms with Crippen molar-refractivity contribution in [2.45, 2.75) is 26.1 Å². The van der Waals surface area contributed by atoms with Gasteiger partial charge in [-0.3, -0.25) is 15.0 Å². The smallest absolute Gasteiger partial charge is 0.251 e. The summed E-state index contributed by atoms with van der Waals surface area (Å²) in [6, 6.07) is 25.5. The molecule has 6 heteroatoms. The Balaban J connectivity index is 1.36. The van der Waals surface area contributed by atoms with Gasteiger partial charge in [0, 0.05) is 32.2 Å². The van der Waals surface area contributed by atoms with Gasteiger partial charge in [-0.15, -0.1) is 0 Å². The van der Waals surface area contributed by atoms with Gasteiger partial charge < -0.3 is 10.2 Å². The number of amides is 2. The monoisotopic (exact) mass is 442 g/mol. The number of aryl methyl sites for hydroxylation is 1. The maximum Gasteiger partial charge on any atom is 0.251 e. The fraction of sp³-hybridized carbons (Fsp3) is 0.259. The molecule has 3 aromatic rings. The number of rotatable bonds is 7. The van der Waals surface area contributed by atoms with Gasteiger partial charge in [0.1, 0.15) is 0 Å². The van der Waals surface area contributed by atoms with Gasteiger partial charge >= 0.3 is 0 Å². The van der Waals surface area contributed by atoms with Crippen molar-refractivity contribution < 1.29 is 9.59 Å². The molecule has 1 fully saturated rings. The second-order valence-electron chi connectivity index (χ2n) is 8.58. The summed E-state index contributed by atoms with van der Waals surface area (Å²) in [5.41, 5.74) is 11.3. The lowest BCUT2D eigenvalue weighted by Crippen LogP contribution is -2.36. The molecule has 3 aromatic carbocycles. The highest BCUT2D eigenvalue weighted by Gasteiger charge is 2.35. The first-order valence-electron chi connectivity index (χ1n) is 11.2. The van der Waals surface area contributed by atoms with Gasteiger partial charge in [-0.1, -0.05) is 72.3 Å². The van der Waals surface area contributed by atoms with E-state index in [0.717, 1.165) is 22.3 Å². The normalized spacial score (nSPS) is 17.5. The number of hydrogen-bond acceptors (Lipinski definition) is 4. The van der Waals surface area contributed by atoms with Gasteiger partial charge in [0.2, 0.25) is 5.91 Å². The van der Waals surface area contributed by atoms with E-state index in [0.29, 0.717) is 25.2 Å². The van der Waals surface area contributed by atoms with Crippen molar-refractivity contribution in [3.05, 3.63) is 107 Å². The first kappa shape index (κ1) is 22.7. The van der Waals surface area contributed by atoms with E-state index in [9.17, 15) is 9.59 Å². The summed E-state index contributed by atoms with van der Waals surface area (Å²) in [7, 11) is 1.85. The van der Waals surface area contributed by atoms with Crippen LogP contribution in [-0.4, -0.2) is 30.3 Å². The Hall–Kier alpha value is -3.48. The predicted molar refractivity (Wildman–Crippen MR) is 129 cm³/mol. The second kappa shape index (κ2) is 10.4. The Morgan fingerprint density at radius 1 is 0.970 bits per heavy atom. The van der Waals surface area contributed by atoms with Crippen LogP contribution in [0.15, 0.2) is 78.9 Å². The van der Waals surface area contributed by atoms with Crippen LogP contribution in [0.1, 0.15) is 38.7 Å². The lowest BCUT2D eigenvalue weighted by atomic mass is 9.93. The fourth-order valence-electron chi connectivity index (χ4n) is 4.17. The van der Waals surface area contributed by atoms with Gasteiger partial charge in [0.05, 0.1) is 12.0 Å². The van der Waals surface area contributed by atoms with E-state index in [1.54, 1.807) is 4.90 Å². The van der Waals surface area contributed by atoms with Crippen molar-refractivity contribution in [3.63, 3.8) is 0 Å². The molecule has 1 aliphatic rings. The van der Waals surface area contributed by atoms with Crippen molar-refractivity contribution in [1.29, 1.82) is 0 Å². The van der Waals surface area contributed by atoms with Crippen molar-refractivity contribution in [3.8, 4) is 0 Å². The molecule has 4 rings (SSSR count). The van der Waals surface area contributed by atoms with Crippen LogP contribution in [-0.2, 0) is 17.9 Å². The van der Waals surface area contributed by atoms with Crippen molar-refractivity contribution in [1.82, 2.24) is 21.1 Å². The molecule has 0 aromatic heterocycles. The number of nitrogens with zero attached hydrogens (tertiary/aromatic N) is 1. The molecule has 6 nitrogen and oxygen atoms in total. The third kappa shape index (κ3) is 5.66. The number of carbonyl (C=O) groups is 2. The van der Waals surface area contributed by atoms with E-state index >= 15 is 0 Å². The molecule has 33 heavy (non-hydrogen) atoms. The Labute approximate surface area is 195 Å². The summed E-state index contributed by atoms with van der Waals surface area (Å²) < 4.78 is 0. The molecule has 1 aliphatic heterocycles. The second-order valence-corrected chi connectivity index (χ2v) is 8.58.